The van der Waals surface area contributed by atoms with Gasteiger partial charge in [0.15, 0.2) is 6.10 Å². The number of benzene rings is 2. The molecule has 0 amide bonds. The lowest BCUT2D eigenvalue weighted by atomic mass is 10.1. The van der Waals surface area contributed by atoms with Crippen LogP contribution in [-0.2, 0) is 0 Å². The van der Waals surface area contributed by atoms with E-state index in [0.717, 1.165) is 12.2 Å². The summed E-state index contributed by atoms with van der Waals surface area (Å²) in [6.07, 6.45) is 0.454. The topological polar surface area (TPSA) is 35.5 Å². The number of rotatable bonds is 7. The Balaban J connectivity index is 1.96. The molecule has 0 saturated heterocycles. The molecule has 2 aromatic rings. The largest absolute Gasteiger partial charge is 0.494 e. The molecule has 1 unspecified atom stereocenters. The van der Waals surface area contributed by atoms with Gasteiger partial charge in [0.2, 0.25) is 5.78 Å². The van der Waals surface area contributed by atoms with Crippen LogP contribution in [0.2, 0.25) is 0 Å². The van der Waals surface area contributed by atoms with E-state index in [0.29, 0.717) is 17.9 Å². The van der Waals surface area contributed by atoms with Gasteiger partial charge in [0.05, 0.1) is 6.61 Å². The van der Waals surface area contributed by atoms with E-state index in [1.807, 2.05) is 42.5 Å². The van der Waals surface area contributed by atoms with Crippen molar-refractivity contribution >= 4 is 5.78 Å². The van der Waals surface area contributed by atoms with Crippen LogP contribution in [0.25, 0.3) is 0 Å². The van der Waals surface area contributed by atoms with E-state index in [1.165, 1.54) is 0 Å². The molecule has 0 spiro atoms. The van der Waals surface area contributed by atoms with Gasteiger partial charge in [-0.05, 0) is 37.6 Å². The van der Waals surface area contributed by atoms with Crippen molar-refractivity contribution in [2.45, 2.75) is 26.4 Å². The van der Waals surface area contributed by atoms with Crippen molar-refractivity contribution in [3.05, 3.63) is 60.2 Å². The molecule has 0 heterocycles. The standard InChI is InChI=1S/C18H20O3/c1-3-13-20-16-9-11-17(12-10-16)21-14(2)18(19)15-7-5-4-6-8-15/h4-12,14H,3,13H2,1-2H3. The Morgan fingerprint density at radius 1 is 1.00 bits per heavy atom. The molecule has 1 atom stereocenters. The number of carbonyl (C=O) groups excluding carboxylic acids is 1. The van der Waals surface area contributed by atoms with Crippen LogP contribution in [-0.4, -0.2) is 18.5 Å². The smallest absolute Gasteiger partial charge is 0.202 e. The summed E-state index contributed by atoms with van der Waals surface area (Å²) in [7, 11) is 0. The maximum atomic E-state index is 12.2. The van der Waals surface area contributed by atoms with Crippen molar-refractivity contribution in [3.63, 3.8) is 0 Å². The number of Topliss-reactive ketones (excluding diaryl/α,β-unsaturated/α-hetero) is 1. The zero-order chi connectivity index (χ0) is 15.1. The average molecular weight is 284 g/mol. The Morgan fingerprint density at radius 2 is 1.62 bits per heavy atom. The van der Waals surface area contributed by atoms with Crippen LogP contribution in [0.4, 0.5) is 0 Å². The fourth-order valence-electron chi connectivity index (χ4n) is 1.93. The van der Waals surface area contributed by atoms with E-state index < -0.39 is 6.10 Å². The molecule has 0 aliphatic rings. The molecule has 2 rings (SSSR count). The first-order valence-electron chi connectivity index (χ1n) is 7.19. The third-order valence-corrected chi connectivity index (χ3v) is 3.04. The second-order valence-electron chi connectivity index (χ2n) is 4.81. The highest BCUT2D eigenvalue weighted by Crippen LogP contribution is 2.19. The fourth-order valence-corrected chi connectivity index (χ4v) is 1.93. The first-order chi connectivity index (χ1) is 10.2. The van der Waals surface area contributed by atoms with Crippen LogP contribution in [0, 0.1) is 0 Å². The van der Waals surface area contributed by atoms with Gasteiger partial charge in [-0.2, -0.15) is 0 Å². The molecule has 0 aliphatic heterocycles. The lowest BCUT2D eigenvalue weighted by Crippen LogP contribution is -2.23. The van der Waals surface area contributed by atoms with Gasteiger partial charge >= 0.3 is 0 Å². The second kappa shape index (κ2) is 7.48. The van der Waals surface area contributed by atoms with Gasteiger partial charge in [0.1, 0.15) is 11.5 Å². The van der Waals surface area contributed by atoms with Gasteiger partial charge in [-0.1, -0.05) is 37.3 Å². The predicted molar refractivity (Wildman–Crippen MR) is 83.1 cm³/mol. The third kappa shape index (κ3) is 4.35. The molecule has 0 saturated carbocycles. The Labute approximate surface area is 125 Å². The SMILES string of the molecule is CCCOc1ccc(OC(C)C(=O)c2ccccc2)cc1. The van der Waals surface area contributed by atoms with Crippen LogP contribution in [0.5, 0.6) is 11.5 Å². The molecule has 21 heavy (non-hydrogen) atoms. The molecule has 0 aliphatic carbocycles. The maximum Gasteiger partial charge on any atom is 0.202 e. The van der Waals surface area contributed by atoms with Crippen LogP contribution in [0.3, 0.4) is 0 Å². The highest BCUT2D eigenvalue weighted by atomic mass is 16.5. The number of hydrogen-bond donors (Lipinski definition) is 0. The Kier molecular flexibility index (Phi) is 5.38. The summed E-state index contributed by atoms with van der Waals surface area (Å²) in [4.78, 5) is 12.2. The monoisotopic (exact) mass is 284 g/mol. The maximum absolute atomic E-state index is 12.2. The van der Waals surface area contributed by atoms with E-state index >= 15 is 0 Å². The zero-order valence-electron chi connectivity index (χ0n) is 12.4. The molecule has 0 N–H and O–H groups in total. The molecule has 110 valence electrons. The lowest BCUT2D eigenvalue weighted by molar-refractivity contribution is 0.0818. The molecule has 3 heteroatoms. The van der Waals surface area contributed by atoms with Crippen molar-refractivity contribution in [1.82, 2.24) is 0 Å². The Bertz CT molecular complexity index is 561. The van der Waals surface area contributed by atoms with Gasteiger partial charge in [0.25, 0.3) is 0 Å². The van der Waals surface area contributed by atoms with E-state index in [1.54, 1.807) is 19.1 Å². The van der Waals surface area contributed by atoms with E-state index in [2.05, 4.69) is 6.92 Å². The molecule has 0 radical (unpaired) electrons. The van der Waals surface area contributed by atoms with Crippen molar-refractivity contribution in [2.24, 2.45) is 0 Å². The minimum absolute atomic E-state index is 0.0260. The van der Waals surface area contributed by atoms with Crippen molar-refractivity contribution in [2.75, 3.05) is 6.61 Å². The molecule has 2 aromatic carbocycles. The summed E-state index contributed by atoms with van der Waals surface area (Å²) in [5.74, 6) is 1.45. The quantitative estimate of drug-likeness (QED) is 0.717. The van der Waals surface area contributed by atoms with Crippen LogP contribution < -0.4 is 9.47 Å². The van der Waals surface area contributed by atoms with Crippen LogP contribution in [0.1, 0.15) is 30.6 Å². The van der Waals surface area contributed by atoms with Gasteiger partial charge in [-0.15, -0.1) is 0 Å². The molecule has 3 nitrogen and oxygen atoms in total. The van der Waals surface area contributed by atoms with E-state index in [4.69, 9.17) is 9.47 Å². The highest BCUT2D eigenvalue weighted by molar-refractivity contribution is 5.99. The van der Waals surface area contributed by atoms with Crippen molar-refractivity contribution in [1.29, 1.82) is 0 Å². The number of ketones is 1. The summed E-state index contributed by atoms with van der Waals surface area (Å²) in [5, 5.41) is 0. The number of ether oxygens (including phenoxy) is 2. The zero-order valence-corrected chi connectivity index (χ0v) is 12.4. The van der Waals surface area contributed by atoms with Gasteiger partial charge in [-0.25, -0.2) is 0 Å². The van der Waals surface area contributed by atoms with E-state index in [-0.39, 0.29) is 5.78 Å². The van der Waals surface area contributed by atoms with Crippen LogP contribution in [0.15, 0.2) is 54.6 Å². The molecule has 0 aromatic heterocycles. The first kappa shape index (κ1) is 15.1. The van der Waals surface area contributed by atoms with Gasteiger partial charge < -0.3 is 9.47 Å². The van der Waals surface area contributed by atoms with Gasteiger partial charge in [0, 0.05) is 5.56 Å². The van der Waals surface area contributed by atoms with E-state index in [9.17, 15) is 4.79 Å². The van der Waals surface area contributed by atoms with Crippen molar-refractivity contribution in [3.8, 4) is 11.5 Å². The molecule has 0 bridgehead atoms. The number of hydrogen-bond acceptors (Lipinski definition) is 3. The molecular weight excluding hydrogens is 264 g/mol. The highest BCUT2D eigenvalue weighted by Gasteiger charge is 2.16. The van der Waals surface area contributed by atoms with Crippen LogP contribution >= 0.6 is 0 Å². The predicted octanol–water partition coefficient (Wildman–Crippen LogP) is 4.13. The normalized spacial score (nSPS) is 11.7. The summed E-state index contributed by atoms with van der Waals surface area (Å²) in [6, 6.07) is 16.5. The first-order valence-corrected chi connectivity index (χ1v) is 7.19. The number of carbonyl (C=O) groups is 1. The summed E-state index contributed by atoms with van der Waals surface area (Å²) in [5.41, 5.74) is 0.660. The Morgan fingerprint density at radius 3 is 2.24 bits per heavy atom. The summed E-state index contributed by atoms with van der Waals surface area (Å²) < 4.78 is 11.2. The third-order valence-electron chi connectivity index (χ3n) is 3.04. The van der Waals surface area contributed by atoms with Crippen molar-refractivity contribution < 1.29 is 14.3 Å². The second-order valence-corrected chi connectivity index (χ2v) is 4.81. The minimum atomic E-state index is -0.519. The minimum Gasteiger partial charge on any atom is -0.494 e. The summed E-state index contributed by atoms with van der Waals surface area (Å²) in [6.45, 7) is 4.52. The van der Waals surface area contributed by atoms with Gasteiger partial charge in [-0.3, -0.25) is 4.79 Å². The summed E-state index contributed by atoms with van der Waals surface area (Å²) >= 11 is 0. The lowest BCUT2D eigenvalue weighted by Gasteiger charge is -2.14. The fraction of sp³-hybridized carbons (Fsp3) is 0.278. The molecule has 0 fully saturated rings. The molecular formula is C18H20O3. The average Bonchev–Trinajstić information content (AvgIpc) is 2.54. The Hall–Kier alpha value is -2.29.